The Kier molecular flexibility index (Phi) is 19.7. The number of aliphatic hydroxyl groups excluding tert-OH is 14. The molecule has 0 amide bonds. The van der Waals surface area contributed by atoms with Gasteiger partial charge in [-0.05, 0) is 105 Å². The van der Waals surface area contributed by atoms with Crippen LogP contribution in [0.3, 0.4) is 0 Å². The second-order valence-corrected chi connectivity index (χ2v) is 28.9. The minimum absolute atomic E-state index is 0.0161. The molecule has 30 nitrogen and oxygen atoms in total. The van der Waals surface area contributed by atoms with Crippen molar-refractivity contribution in [1.29, 1.82) is 0 Å². The molecule has 0 radical (unpaired) electrons. The summed E-state index contributed by atoms with van der Waals surface area (Å²) in [5, 5.41) is 177. The van der Waals surface area contributed by atoms with E-state index in [0.29, 0.717) is 25.7 Å². The Morgan fingerprint density at radius 2 is 1.23 bits per heavy atom. The summed E-state index contributed by atoms with van der Waals surface area (Å²) in [6, 6.07) is 0. The molecule has 10 rings (SSSR count). The van der Waals surface area contributed by atoms with Crippen molar-refractivity contribution in [2.45, 2.75) is 260 Å². The lowest BCUT2D eigenvalue weighted by Gasteiger charge is -2.71. The topological polar surface area (TPSA) is 476 Å². The van der Waals surface area contributed by atoms with E-state index < -0.39 is 243 Å². The first-order valence-electron chi connectivity index (χ1n) is 31.2. The minimum Gasteiger partial charge on any atom is -0.481 e. The molecule has 0 spiro atoms. The van der Waals surface area contributed by atoms with Crippen molar-refractivity contribution >= 4 is 17.9 Å². The third-order valence-corrected chi connectivity index (χ3v) is 23.2. The first-order chi connectivity index (χ1) is 42.0. The van der Waals surface area contributed by atoms with Crippen LogP contribution in [0.25, 0.3) is 0 Å². The molecule has 0 aromatic heterocycles. The Hall–Kier alpha value is -2.81. The Morgan fingerprint density at radius 1 is 0.611 bits per heavy atom. The third-order valence-electron chi connectivity index (χ3n) is 23.2. The van der Waals surface area contributed by atoms with E-state index in [1.807, 2.05) is 13.8 Å². The van der Waals surface area contributed by atoms with Gasteiger partial charge in [0.2, 0.25) is 6.29 Å². The van der Waals surface area contributed by atoms with Crippen LogP contribution < -0.4 is 0 Å². The summed E-state index contributed by atoms with van der Waals surface area (Å²) in [6.07, 6.45) is -36.9. The number of hydrogen-bond acceptors (Lipinski definition) is 29. The van der Waals surface area contributed by atoms with Crippen molar-refractivity contribution < 1.29 is 148 Å². The van der Waals surface area contributed by atoms with E-state index in [1.165, 1.54) is 13.8 Å². The van der Waals surface area contributed by atoms with Crippen LogP contribution >= 0.6 is 0 Å². The maximum absolute atomic E-state index is 15.5. The maximum Gasteiger partial charge on any atom is 0.317 e. The number of carbonyl (C=O) groups excluding carboxylic acids is 2. The number of hydrogen-bond donors (Lipinski definition) is 16. The zero-order valence-corrected chi connectivity index (χ0v) is 51.7. The lowest BCUT2D eigenvalue weighted by molar-refractivity contribution is -0.372. The first-order valence-corrected chi connectivity index (χ1v) is 31.2. The molecule has 16 N–H and O–H groups in total. The largest absolute Gasteiger partial charge is 0.481 e. The predicted molar refractivity (Wildman–Crippen MR) is 296 cm³/mol. The van der Waals surface area contributed by atoms with Crippen molar-refractivity contribution in [1.82, 2.24) is 0 Å². The smallest absolute Gasteiger partial charge is 0.317 e. The van der Waals surface area contributed by atoms with Crippen LogP contribution in [0.4, 0.5) is 0 Å². The molecule has 5 heterocycles. The van der Waals surface area contributed by atoms with E-state index in [-0.39, 0.29) is 37.0 Å². The predicted octanol–water partition coefficient (Wildman–Crippen LogP) is -4.33. The number of carboxylic acids is 1. The molecule has 5 saturated heterocycles. The van der Waals surface area contributed by atoms with Gasteiger partial charge in [0.1, 0.15) is 96.5 Å². The number of aliphatic hydroxyl groups is 15. The zero-order chi connectivity index (χ0) is 66.1. The van der Waals surface area contributed by atoms with Gasteiger partial charge in [0, 0.05) is 6.92 Å². The van der Waals surface area contributed by atoms with Gasteiger partial charge < -0.3 is 134 Å². The summed E-state index contributed by atoms with van der Waals surface area (Å²) in [5.74, 6) is -4.84. The van der Waals surface area contributed by atoms with Gasteiger partial charge in [-0.1, -0.05) is 46.3 Å². The third kappa shape index (κ3) is 11.3. The van der Waals surface area contributed by atoms with Crippen LogP contribution in [0.15, 0.2) is 11.6 Å². The summed E-state index contributed by atoms with van der Waals surface area (Å²) in [4.78, 5) is 41.9. The number of carboxylic acid groups (broad SMARTS) is 1. The van der Waals surface area contributed by atoms with Crippen molar-refractivity contribution in [2.24, 2.45) is 50.2 Å². The lowest BCUT2D eigenvalue weighted by atomic mass is 9.33. The molecule has 4 saturated carbocycles. The Balaban J connectivity index is 0.894. The van der Waals surface area contributed by atoms with Gasteiger partial charge in [-0.2, -0.15) is 0 Å². The SMILES string of the molecule is CC(=O)O[C@@H]1[C@@H](O[C@@H]2OC[C@](O)(CO)[C@H]2O)[C@@H](O)[C@H](O[C@H]2[C@H](OC(=O)[C@]34CCC(C)(C)C[C@H]3C3=CC[C@@H]5[C@@]6(C)C[C@H](O)[C@H](O[C@@H]7O[C@H](CO)[C@@H](O[C@@H]8O[C@H](CO)[C@@H](O)[C@H](O)[C@H]8O)[C@H](O)[C@H]7O)[C@@](C)(C(=O)O)[C@@H]6CC[C@@]5(C)[C@]3(C)C[C@H]4O)OC[C@H](O)[C@@H]2O)O[C@H]1C. The average molecular weight is 1300 g/mol. The lowest BCUT2D eigenvalue weighted by Crippen LogP contribution is -2.71. The average Bonchev–Trinajstić information content (AvgIpc) is 0.743. The highest BCUT2D eigenvalue weighted by molar-refractivity contribution is 5.80. The van der Waals surface area contributed by atoms with Crippen LogP contribution in [0.2, 0.25) is 0 Å². The maximum atomic E-state index is 15.5. The molecular weight excluding hydrogens is 1200 g/mol. The quantitative estimate of drug-likeness (QED) is 0.0419. The van der Waals surface area contributed by atoms with Crippen LogP contribution in [0, 0.1) is 50.2 Å². The van der Waals surface area contributed by atoms with Crippen molar-refractivity contribution in [3.63, 3.8) is 0 Å². The number of rotatable bonds is 15. The molecule has 30 heteroatoms. The molecule has 5 aliphatic carbocycles. The Labute approximate surface area is 519 Å². The Morgan fingerprint density at radius 3 is 1.87 bits per heavy atom. The number of allylic oxidation sites excluding steroid dienone is 2. The van der Waals surface area contributed by atoms with Gasteiger partial charge in [-0.25, -0.2) is 0 Å². The fraction of sp³-hybridized carbons (Fsp3) is 0.917. The fourth-order valence-electron chi connectivity index (χ4n) is 17.9. The monoisotopic (exact) mass is 1290 g/mol. The first kappa shape index (κ1) is 70.0. The molecular formula is C60H94O30. The summed E-state index contributed by atoms with van der Waals surface area (Å²) in [5.41, 5.74) is -7.81. The van der Waals surface area contributed by atoms with E-state index in [2.05, 4.69) is 26.8 Å². The molecule has 10 aliphatic rings. The van der Waals surface area contributed by atoms with Gasteiger partial charge in [0.05, 0.1) is 56.8 Å². The van der Waals surface area contributed by atoms with Crippen molar-refractivity contribution in [3.05, 3.63) is 11.6 Å². The second-order valence-electron chi connectivity index (χ2n) is 28.9. The van der Waals surface area contributed by atoms with Gasteiger partial charge in [0.25, 0.3) is 0 Å². The van der Waals surface area contributed by atoms with Crippen molar-refractivity contribution in [2.75, 3.05) is 33.0 Å². The highest BCUT2D eigenvalue weighted by Gasteiger charge is 2.74. The second kappa shape index (κ2) is 25.3. The number of esters is 2. The van der Waals surface area contributed by atoms with Crippen LogP contribution in [0.5, 0.6) is 0 Å². The molecule has 9 fully saturated rings. The van der Waals surface area contributed by atoms with Gasteiger partial charge in [-0.15, -0.1) is 0 Å². The van der Waals surface area contributed by atoms with Gasteiger partial charge in [0.15, 0.2) is 37.4 Å². The molecule has 514 valence electrons. The van der Waals surface area contributed by atoms with Crippen LogP contribution in [-0.4, -0.2) is 286 Å². The molecule has 5 aliphatic heterocycles. The number of ether oxygens (including phenoxy) is 11. The molecule has 0 aromatic carbocycles. The van der Waals surface area contributed by atoms with Crippen LogP contribution in [0.1, 0.15) is 107 Å². The van der Waals surface area contributed by atoms with Gasteiger partial charge >= 0.3 is 17.9 Å². The zero-order valence-electron chi connectivity index (χ0n) is 51.7. The summed E-state index contributed by atoms with van der Waals surface area (Å²) >= 11 is 0. The van der Waals surface area contributed by atoms with E-state index >= 15 is 4.79 Å². The van der Waals surface area contributed by atoms with Gasteiger partial charge in [-0.3, -0.25) is 14.4 Å². The highest BCUT2D eigenvalue weighted by Crippen LogP contribution is 2.76. The minimum atomic E-state index is -2.15. The molecule has 33 atom stereocenters. The van der Waals surface area contributed by atoms with Crippen molar-refractivity contribution in [3.8, 4) is 0 Å². The standard InChI is InChI=1S/C60H94O30/c1-23-41(83-24(2)64)43(87-51-45(75)59(79,21-63)22-81-51)40(74)49(82-23)88-44-34(68)28(66)20-80-50(44)90-53(78)60-14-13-54(3,4)15-26(60)25-9-10-31-55(5)16-27(65)46(58(8,52(76)77)32(55)11-12-56(31,6)57(25,7)17-33(60)67)89-48-39(73)37(71)42(30(19-62)85-48)86-47-38(72)36(70)35(69)29(18-61)84-47/h9,23,26-51,61-63,65-75,79H,10-22H2,1-8H3,(H,76,77)/t23-,26-,27-,28-,29+,30+,31+,32+,33+,34-,35+,36-,37+,38+,39+,40+,41-,42+,43-,44+,45-,46-,47-,48-,49-,50-,51-,55+,56+,57+,58-,59+,60+/m0/s1. The van der Waals surface area contributed by atoms with E-state index in [1.54, 1.807) is 0 Å². The summed E-state index contributed by atoms with van der Waals surface area (Å²) in [7, 11) is 0. The molecule has 90 heavy (non-hydrogen) atoms. The number of carbonyl (C=O) groups is 3. The Bertz CT molecular complexity index is 2630. The molecule has 0 bridgehead atoms. The van der Waals surface area contributed by atoms with E-state index in [4.69, 9.17) is 52.1 Å². The molecule has 0 aromatic rings. The summed E-state index contributed by atoms with van der Waals surface area (Å²) in [6.45, 7) is 10.5. The summed E-state index contributed by atoms with van der Waals surface area (Å²) < 4.78 is 64.6. The number of fused-ring (bicyclic) bond motifs is 7. The van der Waals surface area contributed by atoms with E-state index in [9.17, 15) is 91.3 Å². The highest BCUT2D eigenvalue weighted by atomic mass is 16.8. The fourth-order valence-corrected chi connectivity index (χ4v) is 17.9. The van der Waals surface area contributed by atoms with Crippen LogP contribution in [-0.2, 0) is 66.5 Å². The van der Waals surface area contributed by atoms with E-state index in [0.717, 1.165) is 12.5 Å². The normalized spacial score (nSPS) is 53.4. The molecule has 0 unspecified atom stereocenters. The number of aliphatic carboxylic acids is 1.